The molecular formula is C21H29N9O2S. The van der Waals surface area contributed by atoms with Crippen LogP contribution >= 0.6 is 12.2 Å². The fourth-order valence-corrected chi connectivity index (χ4v) is 4.02. The van der Waals surface area contributed by atoms with Gasteiger partial charge in [-0.05, 0) is 33.0 Å². The molecule has 176 valence electrons. The first kappa shape index (κ1) is 22.9. The molecule has 0 radical (unpaired) electrons. The van der Waals surface area contributed by atoms with E-state index in [1.54, 1.807) is 22.0 Å². The number of thiocarbonyl (C=S) groups is 1. The summed E-state index contributed by atoms with van der Waals surface area (Å²) < 4.78 is 10.8. The van der Waals surface area contributed by atoms with Gasteiger partial charge in [-0.1, -0.05) is 0 Å². The molecule has 2 N–H and O–H groups in total. The maximum Gasteiger partial charge on any atom is 0.274 e. The zero-order chi connectivity index (χ0) is 23.4. The van der Waals surface area contributed by atoms with Gasteiger partial charge in [-0.15, -0.1) is 0 Å². The molecule has 0 atom stereocenters. The Morgan fingerprint density at radius 2 is 1.79 bits per heavy atom. The number of aromatic nitrogens is 6. The van der Waals surface area contributed by atoms with Gasteiger partial charge in [0.25, 0.3) is 5.91 Å². The SMILES string of the molecule is CCn1ncc(Cn2cc(NC(=S)Nc3cnn(CC)c3C(=O)N3CCOCC3)cn2)c1C. The van der Waals surface area contributed by atoms with Crippen molar-refractivity contribution in [1.82, 2.24) is 34.2 Å². The van der Waals surface area contributed by atoms with Gasteiger partial charge in [-0.3, -0.25) is 18.8 Å². The van der Waals surface area contributed by atoms with Gasteiger partial charge in [0.15, 0.2) is 5.11 Å². The zero-order valence-electron chi connectivity index (χ0n) is 19.1. The van der Waals surface area contributed by atoms with Gasteiger partial charge in [0.1, 0.15) is 5.69 Å². The van der Waals surface area contributed by atoms with E-state index >= 15 is 0 Å². The van der Waals surface area contributed by atoms with Crippen LogP contribution in [0.15, 0.2) is 24.8 Å². The highest BCUT2D eigenvalue weighted by Crippen LogP contribution is 2.19. The van der Waals surface area contributed by atoms with Crippen LogP contribution in [0.2, 0.25) is 0 Å². The summed E-state index contributed by atoms with van der Waals surface area (Å²) in [6.07, 6.45) is 7.09. The van der Waals surface area contributed by atoms with Gasteiger partial charge in [0.2, 0.25) is 0 Å². The number of carbonyl (C=O) groups excluding carboxylic acids is 1. The standard InChI is InChI=1S/C21H29N9O2S/c1-4-29-15(3)16(10-23-29)13-28-14-17(11-22-28)25-21(33)26-18-12-24-30(5-2)19(18)20(31)27-6-8-32-9-7-27/h10-12,14H,4-9,13H2,1-3H3,(H2,25,26,33). The van der Waals surface area contributed by atoms with Crippen molar-refractivity contribution in [3.63, 3.8) is 0 Å². The van der Waals surface area contributed by atoms with Crippen LogP contribution in [0.3, 0.4) is 0 Å². The number of carbonyl (C=O) groups is 1. The highest BCUT2D eigenvalue weighted by molar-refractivity contribution is 7.80. The van der Waals surface area contributed by atoms with Crippen molar-refractivity contribution in [2.24, 2.45) is 0 Å². The molecule has 4 rings (SSSR count). The lowest BCUT2D eigenvalue weighted by atomic mass is 10.2. The summed E-state index contributed by atoms with van der Waals surface area (Å²) in [5, 5.41) is 19.7. The van der Waals surface area contributed by atoms with Crippen LogP contribution in [0.5, 0.6) is 0 Å². The van der Waals surface area contributed by atoms with E-state index in [2.05, 4.69) is 39.8 Å². The average Bonchev–Trinajstić information content (AvgIpc) is 3.53. The number of hydrogen-bond acceptors (Lipinski definition) is 6. The monoisotopic (exact) mass is 471 g/mol. The number of nitrogens with zero attached hydrogens (tertiary/aromatic N) is 7. The Hall–Kier alpha value is -3.25. The summed E-state index contributed by atoms with van der Waals surface area (Å²) in [6.45, 7) is 10.3. The molecule has 0 spiro atoms. The number of morpholine rings is 1. The second-order valence-corrected chi connectivity index (χ2v) is 8.11. The molecule has 1 aliphatic rings. The molecule has 0 bridgehead atoms. The van der Waals surface area contributed by atoms with Crippen LogP contribution in [0, 0.1) is 6.92 Å². The smallest absolute Gasteiger partial charge is 0.274 e. The average molecular weight is 472 g/mol. The third kappa shape index (κ3) is 5.06. The second-order valence-electron chi connectivity index (χ2n) is 7.70. The largest absolute Gasteiger partial charge is 0.378 e. The quantitative estimate of drug-likeness (QED) is 0.504. The van der Waals surface area contributed by atoms with Crippen LogP contribution in [-0.2, 0) is 24.4 Å². The fourth-order valence-electron chi connectivity index (χ4n) is 3.79. The van der Waals surface area contributed by atoms with Crippen LogP contribution in [0.4, 0.5) is 11.4 Å². The molecule has 33 heavy (non-hydrogen) atoms. The highest BCUT2D eigenvalue weighted by atomic mass is 32.1. The van der Waals surface area contributed by atoms with Crippen molar-refractivity contribution < 1.29 is 9.53 Å². The minimum Gasteiger partial charge on any atom is -0.378 e. The summed E-state index contributed by atoms with van der Waals surface area (Å²) in [6, 6.07) is 0. The number of rotatable bonds is 7. The first-order chi connectivity index (χ1) is 16.0. The molecule has 3 aromatic rings. The predicted molar refractivity (Wildman–Crippen MR) is 128 cm³/mol. The molecule has 1 amide bonds. The van der Waals surface area contributed by atoms with Gasteiger partial charge in [0.05, 0.1) is 49.7 Å². The Balaban J connectivity index is 1.41. The summed E-state index contributed by atoms with van der Waals surface area (Å²) in [7, 11) is 0. The van der Waals surface area contributed by atoms with E-state index in [9.17, 15) is 4.79 Å². The van der Waals surface area contributed by atoms with E-state index in [4.69, 9.17) is 17.0 Å². The van der Waals surface area contributed by atoms with Gasteiger partial charge in [0, 0.05) is 43.6 Å². The predicted octanol–water partition coefficient (Wildman–Crippen LogP) is 1.95. The van der Waals surface area contributed by atoms with E-state index in [1.165, 1.54) is 0 Å². The minimum absolute atomic E-state index is 0.0845. The third-order valence-electron chi connectivity index (χ3n) is 5.62. The van der Waals surface area contributed by atoms with Gasteiger partial charge < -0.3 is 20.3 Å². The normalized spacial score (nSPS) is 13.8. The molecule has 12 heteroatoms. The van der Waals surface area contributed by atoms with E-state index < -0.39 is 0 Å². The molecular weight excluding hydrogens is 442 g/mol. The first-order valence-electron chi connectivity index (χ1n) is 11.0. The number of aryl methyl sites for hydroxylation is 2. The molecule has 11 nitrogen and oxygen atoms in total. The molecule has 1 aliphatic heterocycles. The zero-order valence-corrected chi connectivity index (χ0v) is 19.9. The highest BCUT2D eigenvalue weighted by Gasteiger charge is 2.25. The van der Waals surface area contributed by atoms with Crippen LogP contribution in [0.25, 0.3) is 0 Å². The molecule has 0 aliphatic carbocycles. The molecule has 0 saturated carbocycles. The van der Waals surface area contributed by atoms with Gasteiger partial charge in [-0.2, -0.15) is 15.3 Å². The number of hydrogen-bond donors (Lipinski definition) is 2. The first-order valence-corrected chi connectivity index (χ1v) is 11.5. The van der Waals surface area contributed by atoms with Crippen LogP contribution in [0.1, 0.15) is 35.6 Å². The minimum atomic E-state index is -0.0845. The Kier molecular flexibility index (Phi) is 7.04. The summed E-state index contributed by atoms with van der Waals surface area (Å²) in [4.78, 5) is 14.9. The lowest BCUT2D eigenvalue weighted by Gasteiger charge is -2.27. The van der Waals surface area contributed by atoms with Crippen molar-refractivity contribution in [3.8, 4) is 0 Å². The lowest BCUT2D eigenvalue weighted by molar-refractivity contribution is 0.0295. The lowest BCUT2D eigenvalue weighted by Crippen LogP contribution is -2.41. The maximum absolute atomic E-state index is 13.1. The molecule has 3 aromatic heterocycles. The third-order valence-corrected chi connectivity index (χ3v) is 5.82. The summed E-state index contributed by atoms with van der Waals surface area (Å²) in [5.41, 5.74) is 4.05. The van der Waals surface area contributed by atoms with Gasteiger partial charge >= 0.3 is 0 Å². The molecule has 0 aromatic carbocycles. The van der Waals surface area contributed by atoms with Gasteiger partial charge in [-0.25, -0.2) is 0 Å². The number of anilines is 2. The van der Waals surface area contributed by atoms with Crippen LogP contribution in [-0.4, -0.2) is 71.6 Å². The Bertz CT molecular complexity index is 1130. The molecule has 1 fully saturated rings. The van der Waals surface area contributed by atoms with Crippen molar-refractivity contribution >= 4 is 34.6 Å². The van der Waals surface area contributed by atoms with E-state index in [1.807, 2.05) is 28.7 Å². The molecule has 0 unspecified atom stereocenters. The molecule has 4 heterocycles. The van der Waals surface area contributed by atoms with E-state index in [-0.39, 0.29) is 5.91 Å². The topological polar surface area (TPSA) is 107 Å². The number of amides is 1. The van der Waals surface area contributed by atoms with E-state index in [0.29, 0.717) is 55.9 Å². The Morgan fingerprint density at radius 3 is 2.48 bits per heavy atom. The van der Waals surface area contributed by atoms with Crippen molar-refractivity contribution in [2.45, 2.75) is 40.4 Å². The summed E-state index contributed by atoms with van der Waals surface area (Å²) >= 11 is 5.49. The van der Waals surface area contributed by atoms with Crippen molar-refractivity contribution in [1.29, 1.82) is 0 Å². The Labute approximate surface area is 197 Å². The van der Waals surface area contributed by atoms with Crippen molar-refractivity contribution in [2.75, 3.05) is 36.9 Å². The fraction of sp³-hybridized carbons (Fsp3) is 0.476. The number of nitrogens with one attached hydrogen (secondary N) is 2. The van der Waals surface area contributed by atoms with Crippen LogP contribution < -0.4 is 10.6 Å². The number of ether oxygens (including phenoxy) is 1. The maximum atomic E-state index is 13.1. The summed E-state index contributed by atoms with van der Waals surface area (Å²) in [5.74, 6) is -0.0845. The van der Waals surface area contributed by atoms with Crippen molar-refractivity contribution in [3.05, 3.63) is 41.7 Å². The molecule has 1 saturated heterocycles. The van der Waals surface area contributed by atoms with E-state index in [0.717, 1.165) is 23.5 Å². The Morgan fingerprint density at radius 1 is 1.06 bits per heavy atom. The second kappa shape index (κ2) is 10.1.